The van der Waals surface area contributed by atoms with Crippen molar-refractivity contribution in [3.63, 3.8) is 0 Å². The molecule has 0 bridgehead atoms. The number of hydrogen-bond donors (Lipinski definition) is 0. The molecule has 60 heavy (non-hydrogen) atoms. The van der Waals surface area contributed by atoms with E-state index in [0.717, 1.165) is 32.7 Å². The number of hydrogen-bond acceptors (Lipinski definition) is 6. The van der Waals surface area contributed by atoms with Gasteiger partial charge < -0.3 is 11.4 Å². The highest BCUT2D eigenvalue weighted by atomic mass is 27.3. The molecule has 284 valence electrons. The maximum absolute atomic E-state index is 6.41. The number of nitrogens with zero attached hydrogens (tertiary/aromatic N) is 3. The number of pyridine rings is 3. The lowest BCUT2D eigenvalue weighted by Crippen LogP contribution is -2.37. The van der Waals surface area contributed by atoms with Crippen molar-refractivity contribution >= 4 is 69.4 Å². The minimum atomic E-state index is -2.86. The minimum Gasteiger partial charge on any atom is -0.576 e. The Morgan fingerprint density at radius 3 is 1.02 bits per heavy atom. The molecular formula is C53H36AlN3O3. The molecule has 8 aromatic carbocycles. The second-order valence-electron chi connectivity index (χ2n) is 14.2. The molecule has 0 atom stereocenters. The zero-order valence-electron chi connectivity index (χ0n) is 32.4. The van der Waals surface area contributed by atoms with Crippen LogP contribution in [0.4, 0.5) is 0 Å². The summed E-state index contributed by atoms with van der Waals surface area (Å²) in [5, 5.41) is 8.15. The van der Waals surface area contributed by atoms with Gasteiger partial charge in [0, 0.05) is 34.7 Å². The SMILES string of the molecule is c1ccc(-c2cccc3c2ccc2c(-c4ccccc4)cccc23)cc1.c1cnc2c([O][Al]([O]c3cccc4cccnc34)[O]c3cccc4cccnc34)cccc2c1. The summed E-state index contributed by atoms with van der Waals surface area (Å²) in [7, 11) is 0. The van der Waals surface area contributed by atoms with Gasteiger partial charge in [0.2, 0.25) is 0 Å². The second-order valence-corrected chi connectivity index (χ2v) is 15.5. The van der Waals surface area contributed by atoms with E-state index >= 15 is 0 Å². The van der Waals surface area contributed by atoms with Crippen molar-refractivity contribution in [3.05, 3.63) is 219 Å². The first-order valence-corrected chi connectivity index (χ1v) is 21.2. The standard InChI is InChI=1S/C26H18.3C9H7NO.Al/c1-3-9-19(10-4-1)21-13-7-15-23-24-16-8-14-22(20-11-5-2-6-12-20)26(24)18-17-25(21)23;3*11-8-5-1-3-7-4-2-6-10-9(7)8;/h1-18H;3*1-6,11H;/q;;;;+3/p-3. The lowest BCUT2D eigenvalue weighted by Gasteiger charge is -2.18. The molecule has 6 nitrogen and oxygen atoms in total. The summed E-state index contributed by atoms with van der Waals surface area (Å²) in [6.07, 6.45) is 5.24. The maximum Gasteiger partial charge on any atom is 1.20 e. The van der Waals surface area contributed by atoms with Crippen molar-refractivity contribution in [2.24, 2.45) is 0 Å². The molecular weight excluding hydrogens is 754 g/mol. The van der Waals surface area contributed by atoms with Crippen LogP contribution in [0.25, 0.3) is 76.5 Å². The highest BCUT2D eigenvalue weighted by Gasteiger charge is 2.46. The average Bonchev–Trinajstić information content (AvgIpc) is 3.32. The van der Waals surface area contributed by atoms with Gasteiger partial charge in [-0.2, -0.15) is 0 Å². The normalized spacial score (nSPS) is 11.0. The monoisotopic (exact) mass is 789 g/mol. The molecule has 7 heteroatoms. The fourth-order valence-corrected chi connectivity index (χ4v) is 9.10. The van der Waals surface area contributed by atoms with Crippen LogP contribution in [-0.2, 0) is 0 Å². The molecule has 0 unspecified atom stereocenters. The van der Waals surface area contributed by atoms with Crippen LogP contribution >= 0.6 is 0 Å². The summed E-state index contributed by atoms with van der Waals surface area (Å²) in [6, 6.07) is 68.1. The van der Waals surface area contributed by atoms with Gasteiger partial charge in [-0.3, -0.25) is 15.0 Å². The first-order valence-electron chi connectivity index (χ1n) is 19.8. The number of para-hydroxylation sites is 3. The third-order valence-corrected chi connectivity index (χ3v) is 11.9. The number of aromatic nitrogens is 3. The molecule has 0 saturated carbocycles. The van der Waals surface area contributed by atoms with Crippen LogP contribution in [0.2, 0.25) is 0 Å². The molecule has 11 rings (SSSR count). The Hall–Kier alpha value is -7.56. The zero-order chi connectivity index (χ0) is 40.1. The van der Waals surface area contributed by atoms with Crippen molar-refractivity contribution in [2.75, 3.05) is 0 Å². The molecule has 0 amide bonds. The van der Waals surface area contributed by atoms with E-state index in [1.54, 1.807) is 18.6 Å². The lowest BCUT2D eigenvalue weighted by atomic mass is 9.91. The fourth-order valence-electron chi connectivity index (χ4n) is 7.76. The Labute approximate surface area is 352 Å². The Balaban J connectivity index is 0.000000149. The number of rotatable bonds is 8. The molecule has 0 saturated heterocycles. The van der Waals surface area contributed by atoms with Crippen LogP contribution < -0.4 is 11.4 Å². The van der Waals surface area contributed by atoms with Crippen LogP contribution in [0, 0.1) is 0 Å². The third kappa shape index (κ3) is 7.47. The Morgan fingerprint density at radius 1 is 0.283 bits per heavy atom. The Morgan fingerprint density at radius 2 is 0.633 bits per heavy atom. The average molecular weight is 790 g/mol. The molecule has 3 aromatic heterocycles. The van der Waals surface area contributed by atoms with E-state index < -0.39 is 15.1 Å². The van der Waals surface area contributed by atoms with E-state index in [9.17, 15) is 0 Å². The molecule has 0 fully saturated rings. The quantitative estimate of drug-likeness (QED) is 0.113. The van der Waals surface area contributed by atoms with Crippen LogP contribution in [0.5, 0.6) is 17.2 Å². The summed E-state index contributed by atoms with van der Waals surface area (Å²) in [6.45, 7) is 0. The first-order chi connectivity index (χ1) is 29.8. The maximum atomic E-state index is 6.41. The minimum absolute atomic E-state index is 0.608. The van der Waals surface area contributed by atoms with Crippen LogP contribution in [0.1, 0.15) is 0 Å². The van der Waals surface area contributed by atoms with Crippen molar-refractivity contribution in [1.82, 2.24) is 15.0 Å². The molecule has 0 aliphatic carbocycles. The van der Waals surface area contributed by atoms with E-state index in [2.05, 4.69) is 124 Å². The van der Waals surface area contributed by atoms with Crippen LogP contribution in [0.15, 0.2) is 219 Å². The Kier molecular flexibility index (Phi) is 10.3. The van der Waals surface area contributed by atoms with E-state index in [1.165, 1.54) is 43.8 Å². The summed E-state index contributed by atoms with van der Waals surface area (Å²) < 4.78 is 19.2. The van der Waals surface area contributed by atoms with E-state index in [0.29, 0.717) is 17.2 Å². The number of fused-ring (bicyclic) bond motifs is 6. The van der Waals surface area contributed by atoms with Gasteiger partial charge >= 0.3 is 15.1 Å². The van der Waals surface area contributed by atoms with Crippen LogP contribution in [-0.4, -0.2) is 30.1 Å². The van der Waals surface area contributed by atoms with Crippen LogP contribution in [0.3, 0.4) is 0 Å². The van der Waals surface area contributed by atoms with Crippen molar-refractivity contribution < 1.29 is 11.4 Å². The van der Waals surface area contributed by atoms with E-state index in [-0.39, 0.29) is 0 Å². The molecule has 3 heterocycles. The van der Waals surface area contributed by atoms with E-state index in [4.69, 9.17) is 11.4 Å². The van der Waals surface area contributed by atoms with Gasteiger partial charge in [0.05, 0.1) is 0 Å². The summed E-state index contributed by atoms with van der Waals surface area (Å²) >= 11 is -2.86. The summed E-state index contributed by atoms with van der Waals surface area (Å²) in [4.78, 5) is 13.5. The third-order valence-electron chi connectivity index (χ3n) is 10.5. The molecule has 0 aliphatic rings. The predicted octanol–water partition coefficient (Wildman–Crippen LogP) is 13.2. The number of benzene rings is 8. The van der Waals surface area contributed by atoms with Gasteiger partial charge in [0.15, 0.2) is 0 Å². The lowest BCUT2D eigenvalue weighted by molar-refractivity contribution is 0.311. The fraction of sp³-hybridized carbons (Fsp3) is 0. The highest BCUT2D eigenvalue weighted by molar-refractivity contribution is 6.40. The van der Waals surface area contributed by atoms with Gasteiger partial charge in [-0.05, 0) is 80.2 Å². The second kappa shape index (κ2) is 16.7. The summed E-state index contributed by atoms with van der Waals surface area (Å²) in [5.41, 5.74) is 7.35. The molecule has 0 N–H and O–H groups in total. The van der Waals surface area contributed by atoms with E-state index in [1.807, 2.05) is 91.0 Å². The Bertz CT molecular complexity index is 2970. The van der Waals surface area contributed by atoms with Crippen molar-refractivity contribution in [3.8, 4) is 39.5 Å². The van der Waals surface area contributed by atoms with Gasteiger partial charge in [-0.1, -0.05) is 164 Å². The van der Waals surface area contributed by atoms with Crippen molar-refractivity contribution in [2.45, 2.75) is 0 Å². The van der Waals surface area contributed by atoms with Gasteiger partial charge in [0.1, 0.15) is 33.8 Å². The highest BCUT2D eigenvalue weighted by Crippen LogP contribution is 2.37. The van der Waals surface area contributed by atoms with Gasteiger partial charge in [-0.15, -0.1) is 0 Å². The van der Waals surface area contributed by atoms with Gasteiger partial charge in [0.25, 0.3) is 0 Å². The van der Waals surface area contributed by atoms with Crippen molar-refractivity contribution in [1.29, 1.82) is 0 Å². The molecule has 0 aliphatic heterocycles. The molecule has 11 aromatic rings. The van der Waals surface area contributed by atoms with Gasteiger partial charge in [-0.25, -0.2) is 0 Å². The molecule has 0 radical (unpaired) electrons. The topological polar surface area (TPSA) is 66.4 Å². The smallest absolute Gasteiger partial charge is 0.576 e. The molecule has 0 spiro atoms. The largest absolute Gasteiger partial charge is 1.20 e. The first kappa shape index (κ1) is 36.8. The zero-order valence-corrected chi connectivity index (χ0v) is 33.6. The summed E-state index contributed by atoms with van der Waals surface area (Å²) in [5.74, 6) is 1.82. The predicted molar refractivity (Wildman–Crippen MR) is 245 cm³/mol.